The predicted octanol–water partition coefficient (Wildman–Crippen LogP) is -1.000. The van der Waals surface area contributed by atoms with Gasteiger partial charge in [0.25, 0.3) is 0 Å². The number of amides is 1. The molecule has 2 saturated heterocycles. The molecule has 2 aliphatic rings. The second-order valence-corrected chi connectivity index (χ2v) is 3.46. The van der Waals surface area contributed by atoms with E-state index in [1.165, 1.54) is 0 Å². The first kappa shape index (κ1) is 8.77. The van der Waals surface area contributed by atoms with Crippen molar-refractivity contribution in [3.8, 4) is 0 Å². The lowest BCUT2D eigenvalue weighted by Gasteiger charge is -2.28. The van der Waals surface area contributed by atoms with Crippen LogP contribution in [0.25, 0.3) is 0 Å². The Morgan fingerprint density at radius 2 is 2.23 bits per heavy atom. The van der Waals surface area contributed by atoms with Gasteiger partial charge < -0.3 is 15.4 Å². The van der Waals surface area contributed by atoms with Crippen molar-refractivity contribution in [3.63, 3.8) is 0 Å². The summed E-state index contributed by atoms with van der Waals surface area (Å²) in [6, 6.07) is 0. The number of nitrogens with one attached hydrogen (secondary N) is 2. The molecule has 0 bridgehead atoms. The second-order valence-electron chi connectivity index (χ2n) is 3.46. The van der Waals surface area contributed by atoms with Gasteiger partial charge in [0.05, 0.1) is 6.54 Å². The summed E-state index contributed by atoms with van der Waals surface area (Å²) in [7, 11) is 0. The first-order valence-corrected chi connectivity index (χ1v) is 4.72. The number of alkyl carbamates (subject to hydrolysis) is 1. The molecule has 2 heterocycles. The lowest BCUT2D eigenvalue weighted by molar-refractivity contribution is 0.103. The highest BCUT2D eigenvalue weighted by molar-refractivity contribution is 5.69. The molecule has 2 N–H and O–H groups in total. The SMILES string of the molecule is O=C1NCC(CN2CCNCC2)O1. The van der Waals surface area contributed by atoms with Crippen molar-refractivity contribution < 1.29 is 9.53 Å². The van der Waals surface area contributed by atoms with E-state index in [0.717, 1.165) is 32.7 Å². The quantitative estimate of drug-likeness (QED) is 0.579. The first-order chi connectivity index (χ1) is 6.34. The van der Waals surface area contributed by atoms with Gasteiger partial charge in [-0.1, -0.05) is 0 Å². The first-order valence-electron chi connectivity index (χ1n) is 4.72. The van der Waals surface area contributed by atoms with E-state index in [9.17, 15) is 4.79 Å². The van der Waals surface area contributed by atoms with Crippen LogP contribution >= 0.6 is 0 Å². The molecule has 0 aromatic carbocycles. The number of hydrogen-bond acceptors (Lipinski definition) is 4. The Labute approximate surface area is 77.4 Å². The smallest absolute Gasteiger partial charge is 0.407 e. The fourth-order valence-corrected chi connectivity index (χ4v) is 1.72. The highest BCUT2D eigenvalue weighted by atomic mass is 16.6. The molecule has 1 unspecified atom stereocenters. The topological polar surface area (TPSA) is 53.6 Å². The number of nitrogens with zero attached hydrogens (tertiary/aromatic N) is 1. The normalized spacial score (nSPS) is 29.8. The van der Waals surface area contributed by atoms with Crippen LogP contribution < -0.4 is 10.6 Å². The molecule has 0 aliphatic carbocycles. The molecule has 5 nitrogen and oxygen atoms in total. The van der Waals surface area contributed by atoms with Crippen LogP contribution in [0.2, 0.25) is 0 Å². The molecule has 1 amide bonds. The van der Waals surface area contributed by atoms with Crippen molar-refractivity contribution >= 4 is 6.09 Å². The number of rotatable bonds is 2. The maximum Gasteiger partial charge on any atom is 0.407 e. The fraction of sp³-hybridized carbons (Fsp3) is 0.875. The second kappa shape index (κ2) is 3.93. The Hall–Kier alpha value is -0.810. The van der Waals surface area contributed by atoms with E-state index < -0.39 is 0 Å². The van der Waals surface area contributed by atoms with Gasteiger partial charge >= 0.3 is 6.09 Å². The zero-order valence-corrected chi connectivity index (χ0v) is 7.58. The van der Waals surface area contributed by atoms with Crippen molar-refractivity contribution in [2.24, 2.45) is 0 Å². The zero-order valence-electron chi connectivity index (χ0n) is 7.58. The monoisotopic (exact) mass is 185 g/mol. The maximum atomic E-state index is 10.7. The third-order valence-electron chi connectivity index (χ3n) is 2.42. The molecule has 0 spiro atoms. The number of ether oxygens (including phenoxy) is 1. The van der Waals surface area contributed by atoms with E-state index in [4.69, 9.17) is 4.74 Å². The van der Waals surface area contributed by atoms with Crippen LogP contribution in [0.15, 0.2) is 0 Å². The van der Waals surface area contributed by atoms with Gasteiger partial charge in [0.15, 0.2) is 0 Å². The molecule has 0 aromatic heterocycles. The minimum Gasteiger partial charge on any atom is -0.443 e. The molecule has 0 aromatic rings. The summed E-state index contributed by atoms with van der Waals surface area (Å²) >= 11 is 0. The molecular weight excluding hydrogens is 170 g/mol. The van der Waals surface area contributed by atoms with E-state index in [1.807, 2.05) is 0 Å². The van der Waals surface area contributed by atoms with Gasteiger partial charge in [-0.3, -0.25) is 4.90 Å². The van der Waals surface area contributed by atoms with Crippen molar-refractivity contribution in [3.05, 3.63) is 0 Å². The minimum absolute atomic E-state index is 0.0469. The average Bonchev–Trinajstić information content (AvgIpc) is 2.53. The van der Waals surface area contributed by atoms with Crippen LogP contribution in [-0.2, 0) is 4.74 Å². The molecule has 5 heteroatoms. The van der Waals surface area contributed by atoms with E-state index in [2.05, 4.69) is 15.5 Å². The van der Waals surface area contributed by atoms with Gasteiger partial charge in [-0.05, 0) is 0 Å². The Bertz CT molecular complexity index is 192. The summed E-state index contributed by atoms with van der Waals surface area (Å²) in [5.74, 6) is 0. The van der Waals surface area contributed by atoms with Gasteiger partial charge in [-0.15, -0.1) is 0 Å². The van der Waals surface area contributed by atoms with Crippen molar-refractivity contribution in [2.75, 3.05) is 39.3 Å². The van der Waals surface area contributed by atoms with Gasteiger partial charge in [0.2, 0.25) is 0 Å². The Balaban J connectivity index is 1.73. The van der Waals surface area contributed by atoms with Crippen LogP contribution in [0, 0.1) is 0 Å². The summed E-state index contributed by atoms with van der Waals surface area (Å²) in [5.41, 5.74) is 0. The summed E-state index contributed by atoms with van der Waals surface area (Å²) < 4.78 is 5.05. The van der Waals surface area contributed by atoms with Crippen LogP contribution in [0.3, 0.4) is 0 Å². The molecular formula is C8H15N3O2. The largest absolute Gasteiger partial charge is 0.443 e. The maximum absolute atomic E-state index is 10.7. The number of hydrogen-bond donors (Lipinski definition) is 2. The third kappa shape index (κ3) is 2.32. The molecule has 0 saturated carbocycles. The molecule has 74 valence electrons. The summed E-state index contributed by atoms with van der Waals surface area (Å²) in [4.78, 5) is 13.1. The van der Waals surface area contributed by atoms with E-state index >= 15 is 0 Å². The number of piperazine rings is 1. The van der Waals surface area contributed by atoms with E-state index in [1.54, 1.807) is 0 Å². The standard InChI is InChI=1S/C8H15N3O2/c12-8-10-5-7(13-8)6-11-3-1-9-2-4-11/h7,9H,1-6H2,(H,10,12). The predicted molar refractivity (Wildman–Crippen MR) is 47.6 cm³/mol. The van der Waals surface area contributed by atoms with Crippen LogP contribution in [0.5, 0.6) is 0 Å². The minimum atomic E-state index is -0.278. The highest BCUT2D eigenvalue weighted by Gasteiger charge is 2.25. The van der Waals surface area contributed by atoms with Crippen molar-refractivity contribution in [1.82, 2.24) is 15.5 Å². The number of carbonyl (C=O) groups is 1. The Morgan fingerprint density at radius 1 is 1.46 bits per heavy atom. The van der Waals surface area contributed by atoms with E-state index in [0.29, 0.717) is 6.54 Å². The summed E-state index contributed by atoms with van der Waals surface area (Å²) in [5, 5.41) is 5.94. The van der Waals surface area contributed by atoms with Crippen LogP contribution in [0.1, 0.15) is 0 Å². The van der Waals surface area contributed by atoms with Gasteiger partial charge in [-0.25, -0.2) is 4.79 Å². The lowest BCUT2D eigenvalue weighted by Crippen LogP contribution is -2.46. The van der Waals surface area contributed by atoms with Gasteiger partial charge in [-0.2, -0.15) is 0 Å². The van der Waals surface area contributed by atoms with Crippen LogP contribution in [-0.4, -0.2) is 56.4 Å². The average molecular weight is 185 g/mol. The Kier molecular flexibility index (Phi) is 2.65. The van der Waals surface area contributed by atoms with E-state index in [-0.39, 0.29) is 12.2 Å². The molecule has 0 radical (unpaired) electrons. The fourth-order valence-electron chi connectivity index (χ4n) is 1.72. The third-order valence-corrected chi connectivity index (χ3v) is 2.42. The molecule has 1 atom stereocenters. The number of cyclic esters (lactones) is 1. The van der Waals surface area contributed by atoms with Gasteiger partial charge in [0, 0.05) is 32.7 Å². The van der Waals surface area contributed by atoms with Crippen LogP contribution in [0.4, 0.5) is 4.79 Å². The highest BCUT2D eigenvalue weighted by Crippen LogP contribution is 2.03. The molecule has 2 fully saturated rings. The lowest BCUT2D eigenvalue weighted by atomic mass is 10.3. The van der Waals surface area contributed by atoms with Crippen molar-refractivity contribution in [1.29, 1.82) is 0 Å². The summed E-state index contributed by atoms with van der Waals surface area (Å²) in [6.45, 7) is 5.69. The molecule has 13 heavy (non-hydrogen) atoms. The van der Waals surface area contributed by atoms with Gasteiger partial charge in [0.1, 0.15) is 6.10 Å². The molecule has 2 rings (SSSR count). The summed E-state index contributed by atoms with van der Waals surface area (Å²) in [6.07, 6.45) is -0.231. The Morgan fingerprint density at radius 3 is 2.85 bits per heavy atom. The number of carbonyl (C=O) groups excluding carboxylic acids is 1. The zero-order chi connectivity index (χ0) is 9.10. The molecule has 2 aliphatic heterocycles. The van der Waals surface area contributed by atoms with Crippen molar-refractivity contribution in [2.45, 2.75) is 6.10 Å².